The summed E-state index contributed by atoms with van der Waals surface area (Å²) in [6, 6.07) is 6.32. The molecule has 26 heavy (non-hydrogen) atoms. The zero-order valence-electron chi connectivity index (χ0n) is 16.4. The van der Waals surface area contributed by atoms with Crippen molar-refractivity contribution in [3.63, 3.8) is 0 Å². The normalized spacial score (nSPS) is 14.1. The second-order valence-corrected chi connectivity index (χ2v) is 7.08. The van der Waals surface area contributed by atoms with Gasteiger partial charge in [0.1, 0.15) is 5.48 Å². The minimum Gasteiger partial charge on any atom is -0.339 e. The molecule has 3 nitrogen and oxygen atoms in total. The summed E-state index contributed by atoms with van der Waals surface area (Å²) in [4.78, 5) is 7.98. The van der Waals surface area contributed by atoms with E-state index in [-0.39, 0.29) is 0 Å². The molecule has 2 aromatic rings. The van der Waals surface area contributed by atoms with Crippen molar-refractivity contribution in [2.24, 2.45) is 11.7 Å². The summed E-state index contributed by atoms with van der Waals surface area (Å²) >= 11 is 0. The summed E-state index contributed by atoms with van der Waals surface area (Å²) in [6.07, 6.45) is 11.3. The highest BCUT2D eigenvalue weighted by molar-refractivity contribution is 5.50. The molecule has 0 bridgehead atoms. The summed E-state index contributed by atoms with van der Waals surface area (Å²) in [7, 11) is 0. The van der Waals surface area contributed by atoms with Crippen LogP contribution in [0.1, 0.15) is 57.2 Å². The van der Waals surface area contributed by atoms with E-state index in [4.69, 9.17) is 5.73 Å². The molecule has 0 aliphatic rings. The maximum atomic E-state index is 5.84. The van der Waals surface area contributed by atoms with Gasteiger partial charge in [-0.3, -0.25) is 0 Å². The predicted octanol–water partition coefficient (Wildman–Crippen LogP) is 1.95. The van der Waals surface area contributed by atoms with E-state index in [1.54, 1.807) is 0 Å². The van der Waals surface area contributed by atoms with Crippen LogP contribution in [0.3, 0.4) is 0 Å². The SMILES string of the molecule is C=c1nc(CC(CCN)CCCCC)/c(=C/c2ccc(=C)/c(=C\C)c2)[nH]1. The lowest BCUT2D eigenvalue weighted by Crippen LogP contribution is -2.23. The van der Waals surface area contributed by atoms with Crippen LogP contribution in [-0.2, 0) is 6.42 Å². The Kier molecular flexibility index (Phi) is 7.86. The third-order valence-electron chi connectivity index (χ3n) is 4.92. The molecule has 0 amide bonds. The Balaban J connectivity index is 2.31. The lowest BCUT2D eigenvalue weighted by molar-refractivity contribution is 0.427. The zero-order valence-corrected chi connectivity index (χ0v) is 16.4. The molecule has 3 heteroatoms. The molecular weight excluding hydrogens is 318 g/mol. The number of imidazole rings is 1. The van der Waals surface area contributed by atoms with Crippen LogP contribution in [0.15, 0.2) is 18.2 Å². The molecule has 1 unspecified atom stereocenters. The van der Waals surface area contributed by atoms with Gasteiger partial charge in [-0.1, -0.05) is 64.0 Å². The van der Waals surface area contributed by atoms with Gasteiger partial charge in [-0.25, -0.2) is 4.98 Å². The average molecular weight is 352 g/mol. The molecule has 1 aromatic heterocycles. The van der Waals surface area contributed by atoms with Crippen LogP contribution in [0.5, 0.6) is 0 Å². The van der Waals surface area contributed by atoms with Gasteiger partial charge in [-0.2, -0.15) is 0 Å². The Morgan fingerprint density at radius 1 is 1.23 bits per heavy atom. The number of hydrogen-bond acceptors (Lipinski definition) is 2. The first-order valence-electron chi connectivity index (χ1n) is 9.78. The quantitative estimate of drug-likeness (QED) is 0.679. The number of nitrogens with one attached hydrogen (secondary N) is 1. The number of hydrogen-bond donors (Lipinski definition) is 2. The highest BCUT2D eigenvalue weighted by Gasteiger charge is 2.12. The van der Waals surface area contributed by atoms with Crippen molar-refractivity contribution < 1.29 is 0 Å². The summed E-state index contributed by atoms with van der Waals surface area (Å²) in [5.41, 5.74) is 8.82. The van der Waals surface area contributed by atoms with Crippen LogP contribution in [-0.4, -0.2) is 16.5 Å². The molecule has 0 spiro atoms. The largest absolute Gasteiger partial charge is 0.339 e. The summed E-state index contributed by atoms with van der Waals surface area (Å²) in [5, 5.41) is 3.27. The van der Waals surface area contributed by atoms with Gasteiger partial charge in [-0.15, -0.1) is 0 Å². The Morgan fingerprint density at radius 3 is 2.73 bits per heavy atom. The van der Waals surface area contributed by atoms with Crippen molar-refractivity contribution in [1.82, 2.24) is 9.97 Å². The van der Waals surface area contributed by atoms with Gasteiger partial charge in [0.25, 0.3) is 0 Å². The van der Waals surface area contributed by atoms with Crippen molar-refractivity contribution in [2.75, 3.05) is 6.54 Å². The van der Waals surface area contributed by atoms with Crippen LogP contribution in [0, 0.1) is 5.92 Å². The standard InChI is InChI=1S/C23H33N3/c1-5-7-8-9-19(12-13-24)15-22-23(26-18(4)25-22)16-20-11-10-17(3)21(6-2)14-20/h6,10-11,14,16,19,26H,3-5,7-9,12-13,15,24H2,1-2H3/b21-6-,23-16-. The van der Waals surface area contributed by atoms with Crippen LogP contribution in [0.2, 0.25) is 0 Å². The van der Waals surface area contributed by atoms with Crippen LogP contribution < -0.4 is 27.0 Å². The number of rotatable bonds is 9. The van der Waals surface area contributed by atoms with Crippen molar-refractivity contribution in [2.45, 2.75) is 52.4 Å². The fraction of sp³-hybridized carbons (Fsp3) is 0.435. The zero-order chi connectivity index (χ0) is 18.9. The molecule has 0 aliphatic carbocycles. The Hall–Kier alpha value is -2.13. The molecule has 0 radical (unpaired) electrons. The van der Waals surface area contributed by atoms with Crippen molar-refractivity contribution in [3.8, 4) is 0 Å². The van der Waals surface area contributed by atoms with E-state index in [9.17, 15) is 0 Å². The first-order chi connectivity index (χ1) is 12.6. The Bertz CT molecular complexity index is 908. The maximum absolute atomic E-state index is 5.84. The molecule has 1 aromatic carbocycles. The smallest absolute Gasteiger partial charge is 0.123 e. The predicted molar refractivity (Wildman–Crippen MR) is 113 cm³/mol. The third kappa shape index (κ3) is 5.70. The Labute approximate surface area is 157 Å². The van der Waals surface area contributed by atoms with Gasteiger partial charge in [0.2, 0.25) is 0 Å². The van der Waals surface area contributed by atoms with Crippen LogP contribution in [0.25, 0.3) is 25.3 Å². The average Bonchev–Trinajstić information content (AvgIpc) is 2.96. The summed E-state index contributed by atoms with van der Waals surface area (Å²) in [5.74, 6) is 0.586. The van der Waals surface area contributed by atoms with Crippen molar-refractivity contribution in [1.29, 1.82) is 0 Å². The minimum absolute atomic E-state index is 0.586. The number of aromatic amines is 1. The minimum atomic E-state index is 0.586. The third-order valence-corrected chi connectivity index (χ3v) is 4.92. The van der Waals surface area contributed by atoms with Gasteiger partial charge in [0, 0.05) is 0 Å². The number of unbranched alkanes of at least 4 members (excludes halogenated alkanes) is 2. The molecule has 0 saturated carbocycles. The number of benzene rings is 1. The lowest BCUT2D eigenvalue weighted by Gasteiger charge is -2.14. The molecule has 0 aliphatic heterocycles. The number of H-pyrrole nitrogens is 1. The van der Waals surface area contributed by atoms with E-state index < -0.39 is 0 Å². The second-order valence-electron chi connectivity index (χ2n) is 7.08. The molecule has 2 rings (SSSR count). The topological polar surface area (TPSA) is 54.7 Å². The van der Waals surface area contributed by atoms with Crippen molar-refractivity contribution in [3.05, 3.63) is 50.7 Å². The first kappa shape index (κ1) is 20.2. The number of nitrogens with zero attached hydrogens (tertiary/aromatic N) is 1. The van der Waals surface area contributed by atoms with Crippen molar-refractivity contribution >= 4 is 25.3 Å². The van der Waals surface area contributed by atoms with E-state index in [0.29, 0.717) is 5.92 Å². The van der Waals surface area contributed by atoms with Gasteiger partial charge in [-0.05, 0) is 60.4 Å². The maximum Gasteiger partial charge on any atom is 0.123 e. The van der Waals surface area contributed by atoms with Gasteiger partial charge in [0.15, 0.2) is 0 Å². The van der Waals surface area contributed by atoms with E-state index in [2.05, 4.69) is 60.4 Å². The summed E-state index contributed by atoms with van der Waals surface area (Å²) < 4.78 is 0. The molecule has 1 heterocycles. The monoisotopic (exact) mass is 351 g/mol. The van der Waals surface area contributed by atoms with E-state index in [1.807, 2.05) is 6.92 Å². The van der Waals surface area contributed by atoms with E-state index >= 15 is 0 Å². The lowest BCUT2D eigenvalue weighted by atomic mass is 9.93. The van der Waals surface area contributed by atoms with Gasteiger partial charge < -0.3 is 10.7 Å². The number of nitrogens with two attached hydrogens (primary N) is 1. The fourth-order valence-electron chi connectivity index (χ4n) is 3.43. The highest BCUT2D eigenvalue weighted by Crippen LogP contribution is 2.16. The van der Waals surface area contributed by atoms with Crippen LogP contribution in [0.4, 0.5) is 0 Å². The number of aromatic nitrogens is 2. The molecule has 0 fully saturated rings. The van der Waals surface area contributed by atoms with Gasteiger partial charge >= 0.3 is 0 Å². The fourth-order valence-corrected chi connectivity index (χ4v) is 3.43. The molecule has 140 valence electrons. The van der Waals surface area contributed by atoms with E-state index in [0.717, 1.165) is 51.9 Å². The molecule has 1 atom stereocenters. The Morgan fingerprint density at radius 2 is 2.04 bits per heavy atom. The highest BCUT2D eigenvalue weighted by atomic mass is 14.9. The van der Waals surface area contributed by atoms with Gasteiger partial charge in [0.05, 0.1) is 11.0 Å². The van der Waals surface area contributed by atoms with Crippen LogP contribution >= 0.6 is 0 Å². The molecular formula is C23H33N3. The van der Waals surface area contributed by atoms with E-state index in [1.165, 1.54) is 25.7 Å². The molecule has 0 saturated heterocycles. The second kappa shape index (κ2) is 10.1. The summed E-state index contributed by atoms with van der Waals surface area (Å²) in [6.45, 7) is 13.1. The first-order valence-corrected chi connectivity index (χ1v) is 9.78. The molecule has 3 N–H and O–H groups in total.